The number of aromatic nitrogens is 1. The topological polar surface area (TPSA) is 68.0 Å². The van der Waals surface area contributed by atoms with E-state index in [4.69, 9.17) is 17.3 Å². The number of benzene rings is 1. The van der Waals surface area contributed by atoms with Gasteiger partial charge in [0.2, 0.25) is 0 Å². The van der Waals surface area contributed by atoms with Gasteiger partial charge in [0.15, 0.2) is 5.13 Å². The van der Waals surface area contributed by atoms with Crippen LogP contribution in [0.4, 0.5) is 5.13 Å². The van der Waals surface area contributed by atoms with Crippen LogP contribution in [-0.2, 0) is 6.54 Å². The Morgan fingerprint density at radius 1 is 1.53 bits per heavy atom. The zero-order valence-electron chi connectivity index (χ0n) is 8.81. The normalized spacial score (nSPS) is 10.2. The lowest BCUT2D eigenvalue weighted by molar-refractivity contribution is 0.0946. The third-order valence-electron chi connectivity index (χ3n) is 2.10. The zero-order chi connectivity index (χ0) is 12.3. The van der Waals surface area contributed by atoms with Crippen LogP contribution in [0.5, 0.6) is 0 Å². The Kier molecular flexibility index (Phi) is 3.61. The molecule has 3 N–H and O–H groups in total. The van der Waals surface area contributed by atoms with E-state index < -0.39 is 0 Å². The largest absolute Gasteiger partial charge is 0.375 e. The third kappa shape index (κ3) is 3.18. The van der Waals surface area contributed by atoms with Crippen LogP contribution in [0.2, 0.25) is 5.02 Å². The lowest BCUT2D eigenvalue weighted by Gasteiger charge is -2.03. The molecule has 1 aromatic heterocycles. The van der Waals surface area contributed by atoms with Crippen LogP contribution < -0.4 is 11.1 Å². The number of halogens is 1. The quantitative estimate of drug-likeness (QED) is 0.897. The van der Waals surface area contributed by atoms with Crippen LogP contribution in [0.15, 0.2) is 29.6 Å². The molecule has 88 valence electrons. The summed E-state index contributed by atoms with van der Waals surface area (Å²) in [6.45, 7) is 0.414. The lowest BCUT2D eigenvalue weighted by Crippen LogP contribution is -2.23. The Balaban J connectivity index is 1.97. The number of anilines is 1. The molecule has 0 saturated carbocycles. The maximum Gasteiger partial charge on any atom is 0.271 e. The van der Waals surface area contributed by atoms with Crippen LogP contribution in [0, 0.1) is 0 Å². The molecule has 0 atom stereocenters. The molecule has 0 aliphatic carbocycles. The Morgan fingerprint density at radius 3 is 3.00 bits per heavy atom. The second-order valence-electron chi connectivity index (χ2n) is 3.38. The van der Waals surface area contributed by atoms with Gasteiger partial charge in [-0.2, -0.15) is 0 Å². The summed E-state index contributed by atoms with van der Waals surface area (Å²) in [5.74, 6) is -0.238. The first-order valence-corrected chi connectivity index (χ1v) is 6.14. The molecule has 17 heavy (non-hydrogen) atoms. The number of thiazole rings is 1. The van der Waals surface area contributed by atoms with Gasteiger partial charge in [-0.1, -0.05) is 23.7 Å². The average molecular weight is 268 g/mol. The second kappa shape index (κ2) is 5.16. The number of carbonyl (C=O) groups excluding carboxylic acids is 1. The van der Waals surface area contributed by atoms with Crippen molar-refractivity contribution in [1.82, 2.24) is 10.3 Å². The predicted molar refractivity (Wildman–Crippen MR) is 69.1 cm³/mol. The summed E-state index contributed by atoms with van der Waals surface area (Å²) in [7, 11) is 0. The summed E-state index contributed by atoms with van der Waals surface area (Å²) in [5.41, 5.74) is 6.73. The summed E-state index contributed by atoms with van der Waals surface area (Å²) in [4.78, 5) is 15.6. The van der Waals surface area contributed by atoms with Crippen molar-refractivity contribution in [3.8, 4) is 0 Å². The first-order valence-electron chi connectivity index (χ1n) is 4.89. The SMILES string of the molecule is Nc1nc(C(=O)NCc2cccc(Cl)c2)cs1. The van der Waals surface area contributed by atoms with Crippen LogP contribution in [0.1, 0.15) is 16.1 Å². The van der Waals surface area contributed by atoms with Crippen LogP contribution in [-0.4, -0.2) is 10.9 Å². The van der Waals surface area contributed by atoms with Crippen LogP contribution in [0.25, 0.3) is 0 Å². The van der Waals surface area contributed by atoms with Crippen molar-refractivity contribution in [3.05, 3.63) is 45.9 Å². The molecule has 0 unspecified atom stereocenters. The van der Waals surface area contributed by atoms with Crippen molar-refractivity contribution >= 4 is 34.0 Å². The van der Waals surface area contributed by atoms with Crippen LogP contribution >= 0.6 is 22.9 Å². The van der Waals surface area contributed by atoms with Gasteiger partial charge in [0.25, 0.3) is 5.91 Å². The molecule has 0 saturated heterocycles. The van der Waals surface area contributed by atoms with Crippen molar-refractivity contribution in [3.63, 3.8) is 0 Å². The van der Waals surface area contributed by atoms with Gasteiger partial charge < -0.3 is 11.1 Å². The Labute approximate surface area is 107 Å². The molecule has 4 nitrogen and oxygen atoms in total. The Bertz CT molecular complexity index is 541. The minimum absolute atomic E-state index is 0.238. The van der Waals surface area contributed by atoms with E-state index in [0.29, 0.717) is 22.4 Å². The minimum Gasteiger partial charge on any atom is -0.375 e. The number of nitrogens with zero attached hydrogens (tertiary/aromatic N) is 1. The van der Waals surface area contributed by atoms with Gasteiger partial charge in [-0.15, -0.1) is 11.3 Å². The molecule has 0 spiro atoms. The second-order valence-corrected chi connectivity index (χ2v) is 4.71. The maximum atomic E-state index is 11.7. The molecular formula is C11H10ClN3OS. The predicted octanol–water partition coefficient (Wildman–Crippen LogP) is 2.31. The van der Waals surface area contributed by atoms with E-state index >= 15 is 0 Å². The highest BCUT2D eigenvalue weighted by atomic mass is 35.5. The van der Waals surface area contributed by atoms with E-state index in [1.807, 2.05) is 12.1 Å². The van der Waals surface area contributed by atoms with Crippen molar-refractivity contribution in [2.24, 2.45) is 0 Å². The standard InChI is InChI=1S/C11H10ClN3OS/c12-8-3-1-2-7(4-8)5-14-10(16)9-6-17-11(13)15-9/h1-4,6H,5H2,(H2,13,15)(H,14,16). The number of nitrogens with two attached hydrogens (primary N) is 1. The number of nitrogen functional groups attached to an aromatic ring is 1. The molecule has 2 aromatic rings. The fourth-order valence-corrected chi connectivity index (χ4v) is 2.07. The Hall–Kier alpha value is -1.59. The first-order chi connectivity index (χ1) is 8.15. The van der Waals surface area contributed by atoms with Gasteiger partial charge in [-0.3, -0.25) is 4.79 Å². The van der Waals surface area contributed by atoms with E-state index in [1.54, 1.807) is 17.5 Å². The monoisotopic (exact) mass is 267 g/mol. The summed E-state index contributed by atoms with van der Waals surface area (Å²) < 4.78 is 0. The average Bonchev–Trinajstić information content (AvgIpc) is 2.73. The van der Waals surface area contributed by atoms with Crippen molar-refractivity contribution in [2.75, 3.05) is 5.73 Å². The molecule has 6 heteroatoms. The van der Waals surface area contributed by atoms with Crippen LogP contribution in [0.3, 0.4) is 0 Å². The summed E-state index contributed by atoms with van der Waals surface area (Å²) in [5, 5.41) is 5.41. The summed E-state index contributed by atoms with van der Waals surface area (Å²) in [6, 6.07) is 7.32. The molecule has 0 aliphatic rings. The highest BCUT2D eigenvalue weighted by Crippen LogP contribution is 2.12. The van der Waals surface area contributed by atoms with Gasteiger partial charge in [0.05, 0.1) is 0 Å². The van der Waals surface area contributed by atoms with Gasteiger partial charge in [-0.05, 0) is 17.7 Å². The zero-order valence-corrected chi connectivity index (χ0v) is 10.4. The molecule has 0 aliphatic heterocycles. The molecule has 0 radical (unpaired) electrons. The number of hydrogen-bond acceptors (Lipinski definition) is 4. The van der Waals surface area contributed by atoms with Gasteiger partial charge in [-0.25, -0.2) is 4.98 Å². The number of carbonyl (C=O) groups is 1. The molecule has 2 rings (SSSR count). The Morgan fingerprint density at radius 2 is 2.35 bits per heavy atom. The van der Waals surface area contributed by atoms with Crippen molar-refractivity contribution in [1.29, 1.82) is 0 Å². The third-order valence-corrected chi connectivity index (χ3v) is 3.01. The fourth-order valence-electron chi connectivity index (χ4n) is 1.31. The number of rotatable bonds is 3. The van der Waals surface area contributed by atoms with E-state index in [2.05, 4.69) is 10.3 Å². The smallest absolute Gasteiger partial charge is 0.271 e. The van der Waals surface area contributed by atoms with E-state index in [9.17, 15) is 4.79 Å². The fraction of sp³-hybridized carbons (Fsp3) is 0.0909. The first kappa shape index (κ1) is 11.9. The maximum absolute atomic E-state index is 11.7. The highest BCUT2D eigenvalue weighted by Gasteiger charge is 2.08. The molecule has 1 aromatic carbocycles. The molecule has 1 amide bonds. The molecule has 0 bridgehead atoms. The molecule has 0 fully saturated rings. The number of nitrogens with one attached hydrogen (secondary N) is 1. The summed E-state index contributed by atoms with van der Waals surface area (Å²) in [6.07, 6.45) is 0. The van der Waals surface area contributed by atoms with E-state index in [0.717, 1.165) is 5.56 Å². The summed E-state index contributed by atoms with van der Waals surface area (Å²) >= 11 is 7.08. The highest BCUT2D eigenvalue weighted by molar-refractivity contribution is 7.13. The van der Waals surface area contributed by atoms with E-state index in [1.165, 1.54) is 11.3 Å². The van der Waals surface area contributed by atoms with Gasteiger partial charge >= 0.3 is 0 Å². The number of amides is 1. The molecule has 1 heterocycles. The minimum atomic E-state index is -0.238. The van der Waals surface area contributed by atoms with Gasteiger partial charge in [0.1, 0.15) is 5.69 Å². The lowest BCUT2D eigenvalue weighted by atomic mass is 10.2. The molecular weight excluding hydrogens is 258 g/mol. The van der Waals surface area contributed by atoms with Crippen molar-refractivity contribution in [2.45, 2.75) is 6.54 Å². The number of hydrogen-bond donors (Lipinski definition) is 2. The van der Waals surface area contributed by atoms with Crippen molar-refractivity contribution < 1.29 is 4.79 Å². The van der Waals surface area contributed by atoms with E-state index in [-0.39, 0.29) is 5.91 Å². The van der Waals surface area contributed by atoms with Gasteiger partial charge in [0, 0.05) is 16.9 Å².